The molecule has 0 saturated carbocycles. The summed E-state index contributed by atoms with van der Waals surface area (Å²) in [6.07, 6.45) is 1.44. The molecular weight excluding hydrogens is 92.1 g/mol. The summed E-state index contributed by atoms with van der Waals surface area (Å²) in [7, 11) is 0. The fourth-order valence-corrected chi connectivity index (χ4v) is 0.224. The molecule has 0 aromatic carbocycles. The molecule has 0 aliphatic heterocycles. The van der Waals surface area contributed by atoms with Gasteiger partial charge in [-0.3, -0.25) is 4.99 Å². The molecule has 0 fully saturated rings. The highest BCUT2D eigenvalue weighted by atomic mass is 16.2. The van der Waals surface area contributed by atoms with Crippen LogP contribution < -0.4 is 5.73 Å². The predicted molar refractivity (Wildman–Crippen MR) is 29.5 cm³/mol. The molecule has 0 aliphatic carbocycles. The van der Waals surface area contributed by atoms with Gasteiger partial charge in [-0.15, -0.1) is 0 Å². The van der Waals surface area contributed by atoms with Crippen molar-refractivity contribution in [3.8, 4) is 0 Å². The lowest BCUT2D eigenvalue weighted by molar-refractivity contribution is 0.361. The van der Waals surface area contributed by atoms with Crippen molar-refractivity contribution >= 4 is 6.21 Å². The lowest BCUT2D eigenvalue weighted by atomic mass is 10.7. The third-order valence-corrected chi connectivity index (χ3v) is 0.469. The summed E-state index contributed by atoms with van der Waals surface area (Å²) in [5, 5.41) is 8.10. The Morgan fingerprint density at radius 3 is 2.86 bits per heavy atom. The molecule has 0 amide bonds. The second-order valence-electron chi connectivity index (χ2n) is 1.06. The van der Waals surface area contributed by atoms with E-state index in [1.165, 1.54) is 6.21 Å². The zero-order valence-corrected chi connectivity index (χ0v) is 4.17. The van der Waals surface area contributed by atoms with Crippen molar-refractivity contribution in [2.75, 3.05) is 19.7 Å². The number of nitrogens with zero attached hydrogens (tertiary/aromatic N) is 1. The van der Waals surface area contributed by atoms with Crippen LogP contribution in [0.25, 0.3) is 0 Å². The van der Waals surface area contributed by atoms with Gasteiger partial charge in [-0.05, 0) is 0 Å². The molecule has 0 rings (SSSR count). The molecule has 0 aliphatic rings. The molecule has 0 saturated heterocycles. The van der Waals surface area contributed by atoms with Crippen molar-refractivity contribution in [1.82, 2.24) is 0 Å². The fraction of sp³-hybridized carbons (Fsp3) is 0.750. The highest BCUT2D eigenvalue weighted by molar-refractivity contribution is 5.57. The van der Waals surface area contributed by atoms with Gasteiger partial charge in [0.2, 0.25) is 0 Å². The molecule has 0 heterocycles. The van der Waals surface area contributed by atoms with Crippen molar-refractivity contribution in [3.05, 3.63) is 0 Å². The molecule has 3 heteroatoms. The van der Waals surface area contributed by atoms with E-state index in [-0.39, 0.29) is 6.61 Å². The van der Waals surface area contributed by atoms with Crippen LogP contribution in [0.2, 0.25) is 0 Å². The monoisotopic (exact) mass is 102 g/mol. The van der Waals surface area contributed by atoms with Crippen molar-refractivity contribution in [2.24, 2.45) is 10.7 Å². The standard InChI is InChI=1S/C4H10N2O/c5-1-2-6-3-4-7/h3,7H,1-2,4-5H2. The van der Waals surface area contributed by atoms with Gasteiger partial charge >= 0.3 is 0 Å². The quantitative estimate of drug-likeness (QED) is 0.449. The first kappa shape index (κ1) is 6.59. The van der Waals surface area contributed by atoms with Gasteiger partial charge in [0.25, 0.3) is 0 Å². The van der Waals surface area contributed by atoms with E-state index in [0.29, 0.717) is 13.1 Å². The van der Waals surface area contributed by atoms with Gasteiger partial charge in [0, 0.05) is 12.8 Å². The SMILES string of the molecule is NCCN=CCO. The van der Waals surface area contributed by atoms with Crippen molar-refractivity contribution in [3.63, 3.8) is 0 Å². The Kier molecular flexibility index (Phi) is 5.26. The van der Waals surface area contributed by atoms with Crippen LogP contribution in [0.5, 0.6) is 0 Å². The second-order valence-corrected chi connectivity index (χ2v) is 1.06. The number of nitrogens with two attached hydrogens (primary N) is 1. The van der Waals surface area contributed by atoms with Crippen LogP contribution in [0, 0.1) is 0 Å². The number of aliphatic imine (C=N–C) groups is 1. The van der Waals surface area contributed by atoms with Crippen LogP contribution in [0.1, 0.15) is 0 Å². The van der Waals surface area contributed by atoms with Gasteiger partial charge in [0.15, 0.2) is 0 Å². The first-order chi connectivity index (χ1) is 3.41. The highest BCUT2D eigenvalue weighted by Crippen LogP contribution is 1.59. The van der Waals surface area contributed by atoms with Gasteiger partial charge in [-0.2, -0.15) is 0 Å². The Morgan fingerprint density at radius 2 is 2.43 bits per heavy atom. The van der Waals surface area contributed by atoms with Gasteiger partial charge < -0.3 is 10.8 Å². The third kappa shape index (κ3) is 5.59. The van der Waals surface area contributed by atoms with E-state index in [4.69, 9.17) is 10.8 Å². The molecule has 0 aromatic rings. The molecule has 0 radical (unpaired) electrons. The number of aliphatic hydroxyl groups excluding tert-OH is 1. The Morgan fingerprint density at radius 1 is 1.71 bits per heavy atom. The summed E-state index contributed by atoms with van der Waals surface area (Å²) in [5.41, 5.74) is 5.07. The summed E-state index contributed by atoms with van der Waals surface area (Å²) in [5.74, 6) is 0. The minimum absolute atomic E-state index is 0.0139. The molecule has 0 unspecified atom stereocenters. The van der Waals surface area contributed by atoms with Crippen molar-refractivity contribution in [2.45, 2.75) is 0 Å². The molecule has 3 N–H and O–H groups in total. The summed E-state index contributed by atoms with van der Waals surface area (Å²) in [6, 6.07) is 0. The van der Waals surface area contributed by atoms with Crippen LogP contribution in [0.15, 0.2) is 4.99 Å². The van der Waals surface area contributed by atoms with E-state index >= 15 is 0 Å². The zero-order chi connectivity index (χ0) is 5.54. The molecule has 42 valence electrons. The molecule has 7 heavy (non-hydrogen) atoms. The summed E-state index contributed by atoms with van der Waals surface area (Å²) in [6.45, 7) is 1.18. The number of aliphatic hydroxyl groups is 1. The van der Waals surface area contributed by atoms with E-state index in [2.05, 4.69) is 4.99 Å². The Balaban J connectivity index is 2.78. The first-order valence-corrected chi connectivity index (χ1v) is 2.21. The fourth-order valence-electron chi connectivity index (χ4n) is 0.224. The Labute approximate surface area is 42.9 Å². The van der Waals surface area contributed by atoms with Gasteiger partial charge in [0.1, 0.15) is 0 Å². The van der Waals surface area contributed by atoms with Crippen LogP contribution in [-0.4, -0.2) is 31.0 Å². The van der Waals surface area contributed by atoms with Crippen LogP contribution >= 0.6 is 0 Å². The van der Waals surface area contributed by atoms with E-state index in [9.17, 15) is 0 Å². The average Bonchev–Trinajstić information content (AvgIpc) is 1.69. The molecule has 0 bridgehead atoms. The minimum Gasteiger partial charge on any atom is -0.391 e. The van der Waals surface area contributed by atoms with E-state index in [1.54, 1.807) is 0 Å². The summed E-state index contributed by atoms with van der Waals surface area (Å²) in [4.78, 5) is 3.71. The Hall–Kier alpha value is -0.410. The molecule has 0 aromatic heterocycles. The van der Waals surface area contributed by atoms with Gasteiger partial charge in [-0.25, -0.2) is 0 Å². The average molecular weight is 102 g/mol. The predicted octanol–water partition coefficient (Wildman–Crippen LogP) is -0.992. The van der Waals surface area contributed by atoms with Crippen LogP contribution in [0.4, 0.5) is 0 Å². The van der Waals surface area contributed by atoms with E-state index in [1.807, 2.05) is 0 Å². The number of hydrogen-bond donors (Lipinski definition) is 2. The molecule has 0 spiro atoms. The van der Waals surface area contributed by atoms with Crippen molar-refractivity contribution < 1.29 is 5.11 Å². The normalized spacial score (nSPS) is 10.6. The largest absolute Gasteiger partial charge is 0.391 e. The van der Waals surface area contributed by atoms with Crippen LogP contribution in [-0.2, 0) is 0 Å². The smallest absolute Gasteiger partial charge is 0.0779 e. The highest BCUT2D eigenvalue weighted by Gasteiger charge is 1.68. The Bertz CT molecular complexity index is 53.7. The lowest BCUT2D eigenvalue weighted by Crippen LogP contribution is -2.02. The van der Waals surface area contributed by atoms with E-state index in [0.717, 1.165) is 0 Å². The molecule has 0 atom stereocenters. The summed E-state index contributed by atoms with van der Waals surface area (Å²) >= 11 is 0. The van der Waals surface area contributed by atoms with Crippen LogP contribution in [0.3, 0.4) is 0 Å². The van der Waals surface area contributed by atoms with Gasteiger partial charge in [0.05, 0.1) is 13.2 Å². The number of hydrogen-bond acceptors (Lipinski definition) is 3. The maximum absolute atomic E-state index is 8.10. The number of rotatable bonds is 3. The third-order valence-electron chi connectivity index (χ3n) is 0.469. The minimum atomic E-state index is 0.0139. The van der Waals surface area contributed by atoms with E-state index < -0.39 is 0 Å². The first-order valence-electron chi connectivity index (χ1n) is 2.21. The maximum Gasteiger partial charge on any atom is 0.0779 e. The molecular formula is C4H10N2O. The van der Waals surface area contributed by atoms with Gasteiger partial charge in [-0.1, -0.05) is 0 Å². The second kappa shape index (κ2) is 5.59. The molecule has 3 nitrogen and oxygen atoms in total. The maximum atomic E-state index is 8.10. The zero-order valence-electron chi connectivity index (χ0n) is 4.17. The lowest BCUT2D eigenvalue weighted by Gasteiger charge is -1.81. The van der Waals surface area contributed by atoms with Crippen molar-refractivity contribution in [1.29, 1.82) is 0 Å². The summed E-state index contributed by atoms with van der Waals surface area (Å²) < 4.78 is 0. The topological polar surface area (TPSA) is 58.6 Å².